The summed E-state index contributed by atoms with van der Waals surface area (Å²) in [5.41, 5.74) is 2.48. The summed E-state index contributed by atoms with van der Waals surface area (Å²) in [6, 6.07) is 13.5. The predicted octanol–water partition coefficient (Wildman–Crippen LogP) is 4.33. The molecule has 1 amide bonds. The Bertz CT molecular complexity index is 1180. The quantitative estimate of drug-likeness (QED) is 0.587. The molecule has 0 aromatic heterocycles. The number of allylic oxidation sites excluding steroid dienone is 1. The number of ether oxygens (including phenoxy) is 2. The van der Waals surface area contributed by atoms with Gasteiger partial charge in [0, 0.05) is 36.9 Å². The topological polar surface area (TPSA) is 74.3 Å². The highest BCUT2D eigenvalue weighted by Gasteiger charge is 2.41. The maximum atomic E-state index is 13.1. The minimum absolute atomic E-state index is 0.0272. The van der Waals surface area contributed by atoms with Gasteiger partial charge in [-0.05, 0) is 68.0 Å². The molecule has 2 aromatic rings. The van der Waals surface area contributed by atoms with E-state index in [-0.39, 0.29) is 24.2 Å². The second-order valence-corrected chi connectivity index (χ2v) is 11.1. The molecule has 4 aliphatic rings. The Kier molecular flexibility index (Phi) is 6.78. The molecule has 3 heterocycles. The second-order valence-electron chi connectivity index (χ2n) is 10.7. The highest BCUT2D eigenvalue weighted by atomic mass is 35.5. The Morgan fingerprint density at radius 3 is 2.65 bits per heavy atom. The summed E-state index contributed by atoms with van der Waals surface area (Å²) in [5, 5.41) is 14.1. The van der Waals surface area contributed by atoms with Gasteiger partial charge in [-0.3, -0.25) is 9.69 Å². The molecule has 0 spiro atoms. The zero-order valence-electron chi connectivity index (χ0n) is 20.9. The molecule has 1 aliphatic carbocycles. The summed E-state index contributed by atoms with van der Waals surface area (Å²) in [6.45, 7) is 6.13. The minimum atomic E-state index is -0.791. The molecule has 2 saturated heterocycles. The minimum Gasteiger partial charge on any atom is -0.489 e. The first-order valence-corrected chi connectivity index (χ1v) is 13.7. The van der Waals surface area contributed by atoms with Crippen molar-refractivity contribution in [3.8, 4) is 11.5 Å². The van der Waals surface area contributed by atoms with Gasteiger partial charge in [0.2, 0.25) is 0 Å². The zero-order chi connectivity index (χ0) is 25.5. The number of rotatable bonds is 6. The van der Waals surface area contributed by atoms with Gasteiger partial charge in [0.05, 0.1) is 11.1 Å². The normalized spacial score (nSPS) is 28.4. The highest BCUT2D eigenvalue weighted by molar-refractivity contribution is 6.32. The van der Waals surface area contributed by atoms with Crippen LogP contribution in [0.25, 0.3) is 0 Å². The van der Waals surface area contributed by atoms with Crippen LogP contribution in [0.5, 0.6) is 11.5 Å². The van der Waals surface area contributed by atoms with Crippen molar-refractivity contribution in [2.75, 3.05) is 13.1 Å². The number of nitrogens with zero attached hydrogens (tertiary/aromatic N) is 2. The fraction of sp³-hybridized carbons (Fsp3) is 0.483. The van der Waals surface area contributed by atoms with Crippen molar-refractivity contribution in [1.29, 1.82) is 0 Å². The predicted molar refractivity (Wildman–Crippen MR) is 142 cm³/mol. The van der Waals surface area contributed by atoms with Crippen molar-refractivity contribution in [3.05, 3.63) is 70.9 Å². The number of fused-ring (bicyclic) bond motifs is 1. The molecular formula is C29H34ClN3O4. The van der Waals surface area contributed by atoms with Crippen LogP contribution in [0.3, 0.4) is 0 Å². The molecular weight excluding hydrogens is 490 g/mol. The smallest absolute Gasteiger partial charge is 0.254 e. The maximum absolute atomic E-state index is 13.1. The number of benzene rings is 2. The first-order valence-electron chi connectivity index (χ1n) is 13.3. The van der Waals surface area contributed by atoms with E-state index in [1.54, 1.807) is 4.90 Å². The number of hydrogen-bond acceptors (Lipinski definition) is 6. The van der Waals surface area contributed by atoms with E-state index in [2.05, 4.69) is 16.8 Å². The van der Waals surface area contributed by atoms with Crippen LogP contribution >= 0.6 is 11.6 Å². The Hall–Kier alpha value is -2.74. The van der Waals surface area contributed by atoms with Crippen LogP contribution < -0.4 is 14.8 Å². The van der Waals surface area contributed by atoms with Gasteiger partial charge in [0.25, 0.3) is 5.91 Å². The Labute approximate surface area is 223 Å². The van der Waals surface area contributed by atoms with Gasteiger partial charge in [-0.15, -0.1) is 0 Å². The molecule has 0 bridgehead atoms. The molecule has 1 saturated carbocycles. The lowest BCUT2D eigenvalue weighted by atomic mass is 9.89. The van der Waals surface area contributed by atoms with E-state index < -0.39 is 6.23 Å². The summed E-state index contributed by atoms with van der Waals surface area (Å²) < 4.78 is 12.7. The standard InChI is InChI=1S/C29H34ClN3O4/c1-18-10-13-25(28(34)31-18)33-15-19-14-20(11-12-22(19)29(33)35)36-27-9-5-3-7-24(27)32-16-21(17-32)37-26-8-4-2-6-23(26)30/h2,4,6,8,11-12,14,21,24-25,27-28,31,34H,1,3,5,7,9-10,13,15-17H2/t24?,25?,27-,28?/m1/s1. The van der Waals surface area contributed by atoms with Gasteiger partial charge in [-0.2, -0.15) is 0 Å². The maximum Gasteiger partial charge on any atom is 0.254 e. The summed E-state index contributed by atoms with van der Waals surface area (Å²) >= 11 is 6.26. The lowest BCUT2D eigenvalue weighted by Crippen LogP contribution is -2.62. The third-order valence-corrected chi connectivity index (χ3v) is 8.51. The number of likely N-dealkylation sites (tertiary alicyclic amines) is 1. The second kappa shape index (κ2) is 10.2. The van der Waals surface area contributed by atoms with E-state index in [9.17, 15) is 9.90 Å². The van der Waals surface area contributed by atoms with Crippen molar-refractivity contribution in [2.45, 2.75) is 75.6 Å². The van der Waals surface area contributed by atoms with Gasteiger partial charge in [0.15, 0.2) is 0 Å². The average Bonchev–Trinajstić information content (AvgIpc) is 3.18. The molecule has 2 N–H and O–H groups in total. The number of carbonyl (C=O) groups is 1. The molecule has 3 fully saturated rings. The molecule has 2 aromatic carbocycles. The number of amides is 1. The van der Waals surface area contributed by atoms with E-state index in [1.165, 1.54) is 6.42 Å². The highest BCUT2D eigenvalue weighted by Crippen LogP contribution is 2.35. The van der Waals surface area contributed by atoms with Crippen LogP contribution in [0, 0.1) is 0 Å². The average molecular weight is 524 g/mol. The third-order valence-electron chi connectivity index (χ3n) is 8.20. The van der Waals surface area contributed by atoms with E-state index in [0.717, 1.165) is 61.5 Å². The number of halogens is 1. The summed E-state index contributed by atoms with van der Waals surface area (Å²) in [7, 11) is 0. The molecule has 7 nitrogen and oxygen atoms in total. The number of nitrogens with one attached hydrogen (secondary N) is 1. The fourth-order valence-electron chi connectivity index (χ4n) is 6.19. The third kappa shape index (κ3) is 4.92. The summed E-state index contributed by atoms with van der Waals surface area (Å²) in [4.78, 5) is 17.3. The molecule has 3 aliphatic heterocycles. The summed E-state index contributed by atoms with van der Waals surface area (Å²) in [5.74, 6) is 1.53. The fourth-order valence-corrected chi connectivity index (χ4v) is 6.37. The SMILES string of the molecule is C=C1CCC(N2Cc3cc(O[C@@H]4CCCCC4N4CC(Oc5ccccc5Cl)C4)ccc3C2=O)C(O)N1. The Morgan fingerprint density at radius 1 is 1.03 bits per heavy atom. The van der Waals surface area contributed by atoms with Gasteiger partial charge >= 0.3 is 0 Å². The first kappa shape index (κ1) is 24.6. The van der Waals surface area contributed by atoms with Crippen LogP contribution in [0.15, 0.2) is 54.7 Å². The lowest BCUT2D eigenvalue weighted by molar-refractivity contribution is -0.0557. The van der Waals surface area contributed by atoms with Crippen LogP contribution in [0.4, 0.5) is 0 Å². The molecule has 8 heteroatoms. The molecule has 0 radical (unpaired) electrons. The van der Waals surface area contributed by atoms with Crippen LogP contribution in [-0.4, -0.2) is 64.4 Å². The van der Waals surface area contributed by atoms with Crippen molar-refractivity contribution < 1.29 is 19.4 Å². The number of para-hydroxylation sites is 1. The van der Waals surface area contributed by atoms with Gasteiger partial charge < -0.3 is 24.8 Å². The molecule has 4 atom stereocenters. The summed E-state index contributed by atoms with van der Waals surface area (Å²) in [6.07, 6.45) is 5.40. The molecule has 37 heavy (non-hydrogen) atoms. The monoisotopic (exact) mass is 523 g/mol. The zero-order valence-corrected chi connectivity index (χ0v) is 21.7. The van der Waals surface area contributed by atoms with Gasteiger partial charge in [-0.25, -0.2) is 0 Å². The Balaban J connectivity index is 1.09. The van der Waals surface area contributed by atoms with E-state index in [4.69, 9.17) is 21.1 Å². The van der Waals surface area contributed by atoms with E-state index >= 15 is 0 Å². The van der Waals surface area contributed by atoms with Crippen LogP contribution in [0.1, 0.15) is 54.4 Å². The van der Waals surface area contributed by atoms with Crippen molar-refractivity contribution in [3.63, 3.8) is 0 Å². The van der Waals surface area contributed by atoms with Crippen molar-refractivity contribution in [1.82, 2.24) is 15.1 Å². The number of carbonyl (C=O) groups excluding carboxylic acids is 1. The van der Waals surface area contributed by atoms with Gasteiger partial charge in [0.1, 0.15) is 29.9 Å². The van der Waals surface area contributed by atoms with E-state index in [1.807, 2.05) is 42.5 Å². The van der Waals surface area contributed by atoms with E-state index in [0.29, 0.717) is 29.6 Å². The first-order chi connectivity index (χ1) is 18.0. The van der Waals surface area contributed by atoms with Crippen LogP contribution in [-0.2, 0) is 6.54 Å². The molecule has 3 unspecified atom stereocenters. The van der Waals surface area contributed by atoms with Crippen LogP contribution in [0.2, 0.25) is 5.02 Å². The number of piperidine rings is 1. The largest absolute Gasteiger partial charge is 0.489 e. The molecule has 196 valence electrons. The molecule has 6 rings (SSSR count). The van der Waals surface area contributed by atoms with Crippen molar-refractivity contribution >= 4 is 17.5 Å². The number of hydrogen-bond donors (Lipinski definition) is 2. The lowest BCUT2D eigenvalue weighted by Gasteiger charge is -2.47. The number of aliphatic hydroxyl groups is 1. The number of aliphatic hydroxyl groups excluding tert-OH is 1. The van der Waals surface area contributed by atoms with Crippen molar-refractivity contribution in [2.24, 2.45) is 0 Å². The Morgan fingerprint density at radius 2 is 1.84 bits per heavy atom. The van der Waals surface area contributed by atoms with Gasteiger partial charge in [-0.1, -0.05) is 36.7 Å².